The number of hydrogen-bond donors (Lipinski definition) is 3. The highest BCUT2D eigenvalue weighted by Crippen LogP contribution is 2.32. The van der Waals surface area contributed by atoms with Crippen molar-refractivity contribution < 1.29 is 9.47 Å². The summed E-state index contributed by atoms with van der Waals surface area (Å²) in [4.78, 5) is 0. The van der Waals surface area contributed by atoms with Crippen LogP contribution in [0.15, 0.2) is 42.5 Å². The molecule has 5 N–H and O–H groups in total. The molecular formula is C16H19N3O2S. The largest absolute Gasteiger partial charge is 0.493 e. The highest BCUT2D eigenvalue weighted by atomic mass is 32.1. The van der Waals surface area contributed by atoms with Crippen molar-refractivity contribution in [3.05, 3.63) is 53.6 Å². The topological polar surface area (TPSA) is 82.5 Å². The Kier molecular flexibility index (Phi) is 5.43. The molecular weight excluding hydrogens is 298 g/mol. The Morgan fingerprint density at radius 1 is 1.18 bits per heavy atom. The van der Waals surface area contributed by atoms with Gasteiger partial charge in [-0.15, -0.1) is 0 Å². The molecule has 0 fully saturated rings. The minimum absolute atomic E-state index is 0.224. The number of anilines is 1. The van der Waals surface area contributed by atoms with Crippen molar-refractivity contribution >= 4 is 23.0 Å². The maximum Gasteiger partial charge on any atom is 0.163 e. The number of hydrogen-bond acceptors (Lipinski definition) is 4. The SMILES string of the molecule is COc1cc(N)c(CNC(N)=S)cc1OCc1ccccc1. The molecule has 0 aromatic heterocycles. The highest BCUT2D eigenvalue weighted by Gasteiger charge is 2.10. The summed E-state index contributed by atoms with van der Waals surface area (Å²) in [5.74, 6) is 1.22. The third kappa shape index (κ3) is 4.26. The van der Waals surface area contributed by atoms with E-state index in [0.717, 1.165) is 11.1 Å². The van der Waals surface area contributed by atoms with Crippen molar-refractivity contribution in [1.82, 2.24) is 5.32 Å². The molecule has 0 atom stereocenters. The van der Waals surface area contributed by atoms with Gasteiger partial charge in [-0.25, -0.2) is 0 Å². The van der Waals surface area contributed by atoms with E-state index in [4.69, 9.17) is 33.2 Å². The number of nitrogens with two attached hydrogens (primary N) is 2. The lowest BCUT2D eigenvalue weighted by Gasteiger charge is -2.15. The number of ether oxygens (including phenoxy) is 2. The van der Waals surface area contributed by atoms with Gasteiger partial charge in [-0.05, 0) is 29.4 Å². The molecule has 2 rings (SSSR count). The molecule has 116 valence electrons. The number of methoxy groups -OCH3 is 1. The van der Waals surface area contributed by atoms with E-state index in [0.29, 0.717) is 30.3 Å². The van der Waals surface area contributed by atoms with Crippen LogP contribution in [0.25, 0.3) is 0 Å². The number of nitrogen functional groups attached to an aromatic ring is 1. The Hall–Kier alpha value is -2.47. The summed E-state index contributed by atoms with van der Waals surface area (Å²) in [6.07, 6.45) is 0. The zero-order valence-corrected chi connectivity index (χ0v) is 13.2. The molecule has 0 amide bonds. The lowest BCUT2D eigenvalue weighted by Crippen LogP contribution is -2.28. The van der Waals surface area contributed by atoms with Crippen LogP contribution in [-0.2, 0) is 13.2 Å². The first kappa shape index (κ1) is 15.9. The summed E-state index contributed by atoms with van der Waals surface area (Å²) in [7, 11) is 1.58. The van der Waals surface area contributed by atoms with Crippen LogP contribution in [-0.4, -0.2) is 12.2 Å². The maximum atomic E-state index is 6.00. The van der Waals surface area contributed by atoms with Gasteiger partial charge in [0, 0.05) is 18.3 Å². The van der Waals surface area contributed by atoms with Crippen LogP contribution in [0.5, 0.6) is 11.5 Å². The standard InChI is InChI=1S/C16H19N3O2S/c1-20-14-8-13(17)12(9-19-16(18)22)7-15(14)21-10-11-5-3-2-4-6-11/h2-8H,9-10,17H2,1H3,(H3,18,19,22). The number of benzene rings is 2. The first-order valence-electron chi connectivity index (χ1n) is 6.76. The summed E-state index contributed by atoms with van der Waals surface area (Å²) in [5, 5.41) is 3.10. The summed E-state index contributed by atoms with van der Waals surface area (Å²) >= 11 is 4.80. The smallest absolute Gasteiger partial charge is 0.163 e. The molecule has 2 aromatic carbocycles. The van der Waals surface area contributed by atoms with Gasteiger partial charge < -0.3 is 26.3 Å². The van der Waals surface area contributed by atoms with E-state index in [9.17, 15) is 0 Å². The van der Waals surface area contributed by atoms with Crippen LogP contribution in [0.2, 0.25) is 0 Å². The second-order valence-electron chi connectivity index (χ2n) is 4.69. The zero-order chi connectivity index (χ0) is 15.9. The van der Waals surface area contributed by atoms with Crippen LogP contribution in [0, 0.1) is 0 Å². The number of nitrogens with one attached hydrogen (secondary N) is 1. The lowest BCUT2D eigenvalue weighted by atomic mass is 10.1. The minimum atomic E-state index is 0.224. The predicted molar refractivity (Wildman–Crippen MR) is 91.8 cm³/mol. The zero-order valence-electron chi connectivity index (χ0n) is 12.3. The van der Waals surface area contributed by atoms with Crippen molar-refractivity contribution in [1.29, 1.82) is 0 Å². The van der Waals surface area contributed by atoms with E-state index in [1.54, 1.807) is 13.2 Å². The van der Waals surface area contributed by atoms with Crippen LogP contribution < -0.4 is 26.3 Å². The molecule has 0 aliphatic heterocycles. The van der Waals surface area contributed by atoms with E-state index in [1.807, 2.05) is 36.4 Å². The van der Waals surface area contributed by atoms with Gasteiger partial charge in [0.15, 0.2) is 16.6 Å². The van der Waals surface area contributed by atoms with Crippen molar-refractivity contribution in [3.8, 4) is 11.5 Å². The molecule has 5 nitrogen and oxygen atoms in total. The fourth-order valence-corrected chi connectivity index (χ4v) is 2.03. The van der Waals surface area contributed by atoms with Crippen molar-refractivity contribution in [2.45, 2.75) is 13.2 Å². The van der Waals surface area contributed by atoms with Crippen LogP contribution in [0.3, 0.4) is 0 Å². The summed E-state index contributed by atoms with van der Waals surface area (Å²) in [5.41, 5.74) is 14.0. The van der Waals surface area contributed by atoms with E-state index < -0.39 is 0 Å². The second-order valence-corrected chi connectivity index (χ2v) is 5.13. The molecule has 0 saturated carbocycles. The average Bonchev–Trinajstić information content (AvgIpc) is 2.53. The Morgan fingerprint density at radius 2 is 1.91 bits per heavy atom. The second kappa shape index (κ2) is 7.51. The van der Waals surface area contributed by atoms with Gasteiger partial charge in [0.1, 0.15) is 6.61 Å². The molecule has 0 unspecified atom stereocenters. The van der Waals surface area contributed by atoms with Gasteiger partial charge in [-0.1, -0.05) is 30.3 Å². The summed E-state index contributed by atoms with van der Waals surface area (Å²) in [6.45, 7) is 0.885. The number of thiocarbonyl (C=S) groups is 1. The average molecular weight is 317 g/mol. The Labute approximate surface area is 135 Å². The number of rotatable bonds is 6. The van der Waals surface area contributed by atoms with Gasteiger partial charge in [0.2, 0.25) is 0 Å². The van der Waals surface area contributed by atoms with E-state index in [2.05, 4.69) is 5.32 Å². The fourth-order valence-electron chi connectivity index (χ4n) is 1.96. The molecule has 22 heavy (non-hydrogen) atoms. The molecule has 0 radical (unpaired) electrons. The van der Waals surface area contributed by atoms with Gasteiger partial charge >= 0.3 is 0 Å². The Morgan fingerprint density at radius 3 is 2.55 bits per heavy atom. The van der Waals surface area contributed by atoms with Gasteiger partial charge in [-0.2, -0.15) is 0 Å². The first-order chi connectivity index (χ1) is 10.6. The van der Waals surface area contributed by atoms with Gasteiger partial charge in [0.25, 0.3) is 0 Å². The van der Waals surface area contributed by atoms with Crippen molar-refractivity contribution in [3.63, 3.8) is 0 Å². The molecule has 2 aromatic rings. The molecule has 0 aliphatic carbocycles. The quantitative estimate of drug-likeness (QED) is 0.559. The first-order valence-corrected chi connectivity index (χ1v) is 7.17. The molecule has 0 bridgehead atoms. The molecule has 6 heteroatoms. The molecule has 0 aliphatic rings. The highest BCUT2D eigenvalue weighted by molar-refractivity contribution is 7.80. The molecule has 0 spiro atoms. The van der Waals surface area contributed by atoms with E-state index in [-0.39, 0.29) is 5.11 Å². The monoisotopic (exact) mass is 317 g/mol. The van der Waals surface area contributed by atoms with E-state index in [1.165, 1.54) is 0 Å². The predicted octanol–water partition coefficient (Wildman–Crippen LogP) is 2.19. The lowest BCUT2D eigenvalue weighted by molar-refractivity contribution is 0.284. The van der Waals surface area contributed by atoms with Crippen LogP contribution in [0.1, 0.15) is 11.1 Å². The van der Waals surface area contributed by atoms with Crippen molar-refractivity contribution in [2.24, 2.45) is 5.73 Å². The van der Waals surface area contributed by atoms with Crippen LogP contribution >= 0.6 is 12.2 Å². The van der Waals surface area contributed by atoms with E-state index >= 15 is 0 Å². The van der Waals surface area contributed by atoms with Crippen molar-refractivity contribution in [2.75, 3.05) is 12.8 Å². The van der Waals surface area contributed by atoms with Gasteiger partial charge in [-0.3, -0.25) is 0 Å². The van der Waals surface area contributed by atoms with Gasteiger partial charge in [0.05, 0.1) is 7.11 Å². The fraction of sp³-hybridized carbons (Fsp3) is 0.188. The summed E-state index contributed by atoms with van der Waals surface area (Å²) < 4.78 is 11.2. The molecule has 0 saturated heterocycles. The Bertz CT molecular complexity index is 647. The third-order valence-corrected chi connectivity index (χ3v) is 3.26. The third-order valence-electron chi connectivity index (χ3n) is 3.12. The maximum absolute atomic E-state index is 6.00. The normalized spacial score (nSPS) is 10.0. The summed E-state index contributed by atoms with van der Waals surface area (Å²) in [6, 6.07) is 13.5. The molecule has 0 heterocycles. The Balaban J connectivity index is 2.17. The minimum Gasteiger partial charge on any atom is -0.493 e. The van der Waals surface area contributed by atoms with Crippen LogP contribution in [0.4, 0.5) is 5.69 Å².